The van der Waals surface area contributed by atoms with Crippen LogP contribution < -0.4 is 11.2 Å². The normalized spacial score (nSPS) is 26.5. The third-order valence-electron chi connectivity index (χ3n) is 2.42. The highest BCUT2D eigenvalue weighted by Crippen LogP contribution is 2.25. The summed E-state index contributed by atoms with van der Waals surface area (Å²) < 4.78 is 4.84. The second kappa shape index (κ2) is 6.45. The average Bonchev–Trinajstić information content (AvgIpc) is 2.60. The van der Waals surface area contributed by atoms with Gasteiger partial charge in [0.15, 0.2) is 5.79 Å². The zero-order valence-corrected chi connectivity index (χ0v) is 9.63. The summed E-state index contributed by atoms with van der Waals surface area (Å²) >= 11 is 0. The first-order chi connectivity index (χ1) is 8.48. The highest BCUT2D eigenvalue weighted by molar-refractivity contribution is 4.82. The fraction of sp³-hybridized carbons (Fsp3) is 0.600. The molecular formula is C10H16N2O6. The van der Waals surface area contributed by atoms with Crippen LogP contribution in [0.15, 0.2) is 21.9 Å². The van der Waals surface area contributed by atoms with Crippen LogP contribution in [-0.2, 0) is 4.74 Å². The van der Waals surface area contributed by atoms with Crippen LogP contribution in [0.5, 0.6) is 0 Å². The molecule has 0 bridgehead atoms. The number of aromatic nitrogens is 2. The monoisotopic (exact) mass is 260 g/mol. The van der Waals surface area contributed by atoms with Gasteiger partial charge in [0.2, 0.25) is 0 Å². The van der Waals surface area contributed by atoms with Crippen LogP contribution in [0.1, 0.15) is 12.8 Å². The second-order valence-corrected chi connectivity index (χ2v) is 3.77. The van der Waals surface area contributed by atoms with E-state index in [2.05, 4.69) is 4.98 Å². The van der Waals surface area contributed by atoms with Crippen molar-refractivity contribution in [2.24, 2.45) is 0 Å². The molecule has 2 atom stereocenters. The van der Waals surface area contributed by atoms with Gasteiger partial charge in [-0.15, -0.1) is 0 Å². The highest BCUT2D eigenvalue weighted by atomic mass is 16.6. The average molecular weight is 260 g/mol. The van der Waals surface area contributed by atoms with Gasteiger partial charge in [0.05, 0.1) is 6.61 Å². The summed E-state index contributed by atoms with van der Waals surface area (Å²) in [5, 5.41) is 26.9. The van der Waals surface area contributed by atoms with E-state index in [9.17, 15) is 14.7 Å². The predicted molar refractivity (Wildman–Crippen MR) is 60.9 cm³/mol. The molecule has 0 radical (unpaired) electrons. The van der Waals surface area contributed by atoms with Gasteiger partial charge in [-0.25, -0.2) is 4.79 Å². The SMILES string of the molecule is O=c1cc[nH]c(=O)[nH]1.OCCC1(O)OCCC1O. The maximum absolute atomic E-state index is 10.2. The molecule has 1 aromatic heterocycles. The van der Waals surface area contributed by atoms with Crippen molar-refractivity contribution in [3.05, 3.63) is 33.1 Å². The van der Waals surface area contributed by atoms with E-state index in [0.29, 0.717) is 13.0 Å². The smallest absolute Gasteiger partial charge is 0.325 e. The van der Waals surface area contributed by atoms with Gasteiger partial charge in [0.1, 0.15) is 6.10 Å². The van der Waals surface area contributed by atoms with Crippen LogP contribution in [0.25, 0.3) is 0 Å². The second-order valence-electron chi connectivity index (χ2n) is 3.77. The first kappa shape index (κ1) is 14.6. The van der Waals surface area contributed by atoms with E-state index in [-0.39, 0.29) is 18.6 Å². The van der Waals surface area contributed by atoms with E-state index < -0.39 is 17.6 Å². The first-order valence-electron chi connectivity index (χ1n) is 5.41. The third kappa shape index (κ3) is 4.08. The van der Waals surface area contributed by atoms with Gasteiger partial charge in [-0.05, 0) is 0 Å². The molecule has 0 spiro atoms. The van der Waals surface area contributed by atoms with Gasteiger partial charge in [-0.3, -0.25) is 9.78 Å². The molecule has 0 aromatic carbocycles. The minimum atomic E-state index is -1.49. The number of hydrogen-bond acceptors (Lipinski definition) is 6. The van der Waals surface area contributed by atoms with E-state index in [0.717, 1.165) is 0 Å². The lowest BCUT2D eigenvalue weighted by Gasteiger charge is -2.23. The molecule has 8 heteroatoms. The summed E-state index contributed by atoms with van der Waals surface area (Å²) in [5.74, 6) is -1.49. The van der Waals surface area contributed by atoms with Crippen LogP contribution in [-0.4, -0.2) is 50.4 Å². The van der Waals surface area contributed by atoms with Crippen molar-refractivity contribution >= 4 is 0 Å². The lowest BCUT2D eigenvalue weighted by molar-refractivity contribution is -0.220. The van der Waals surface area contributed by atoms with E-state index in [1.54, 1.807) is 0 Å². The van der Waals surface area contributed by atoms with Crippen molar-refractivity contribution in [1.82, 2.24) is 9.97 Å². The van der Waals surface area contributed by atoms with Crippen molar-refractivity contribution < 1.29 is 20.1 Å². The molecule has 1 saturated heterocycles. The molecule has 0 aliphatic carbocycles. The van der Waals surface area contributed by atoms with E-state index in [1.807, 2.05) is 4.98 Å². The van der Waals surface area contributed by atoms with Gasteiger partial charge in [0, 0.05) is 31.7 Å². The molecule has 1 fully saturated rings. The third-order valence-corrected chi connectivity index (χ3v) is 2.42. The van der Waals surface area contributed by atoms with Gasteiger partial charge < -0.3 is 25.0 Å². The summed E-state index contributed by atoms with van der Waals surface area (Å²) in [7, 11) is 0. The van der Waals surface area contributed by atoms with Crippen molar-refractivity contribution in [2.45, 2.75) is 24.7 Å². The molecule has 0 saturated carbocycles. The van der Waals surface area contributed by atoms with Crippen molar-refractivity contribution in [3.8, 4) is 0 Å². The van der Waals surface area contributed by atoms with Gasteiger partial charge in [0.25, 0.3) is 5.56 Å². The quantitative estimate of drug-likeness (QED) is 0.413. The summed E-state index contributed by atoms with van der Waals surface area (Å²) in [6.45, 7) is 0.186. The Morgan fingerprint density at radius 3 is 2.61 bits per heavy atom. The van der Waals surface area contributed by atoms with Crippen molar-refractivity contribution in [1.29, 1.82) is 0 Å². The fourth-order valence-corrected chi connectivity index (χ4v) is 1.45. The van der Waals surface area contributed by atoms with Crippen molar-refractivity contribution in [2.75, 3.05) is 13.2 Å². The minimum absolute atomic E-state index is 0.0775. The molecule has 1 aliphatic rings. The molecule has 18 heavy (non-hydrogen) atoms. The highest BCUT2D eigenvalue weighted by Gasteiger charge is 2.40. The Morgan fingerprint density at radius 1 is 1.50 bits per heavy atom. The number of ether oxygens (including phenoxy) is 1. The number of aliphatic hydroxyl groups excluding tert-OH is 2. The molecule has 2 heterocycles. The number of rotatable bonds is 2. The summed E-state index contributed by atoms with van der Waals surface area (Å²) in [6, 6.07) is 1.24. The fourth-order valence-electron chi connectivity index (χ4n) is 1.45. The predicted octanol–water partition coefficient (Wildman–Crippen LogP) is -2.10. The molecular weight excluding hydrogens is 244 g/mol. The maximum atomic E-state index is 10.2. The molecule has 1 aliphatic heterocycles. The largest absolute Gasteiger partial charge is 0.396 e. The van der Waals surface area contributed by atoms with Gasteiger partial charge in [-0.1, -0.05) is 0 Å². The minimum Gasteiger partial charge on any atom is -0.396 e. The Morgan fingerprint density at radius 2 is 2.22 bits per heavy atom. The Balaban J connectivity index is 0.000000184. The Hall–Kier alpha value is -1.48. The Labute approximate surface area is 102 Å². The molecule has 5 N–H and O–H groups in total. The van der Waals surface area contributed by atoms with Gasteiger partial charge in [-0.2, -0.15) is 0 Å². The lowest BCUT2D eigenvalue weighted by Crippen LogP contribution is -2.39. The number of H-pyrrole nitrogens is 2. The standard InChI is InChI=1S/C6H12O4.C4H4N2O2/c7-3-2-6(9)5(8)1-4-10-6;7-3-1-2-5-4(8)6-3/h5,7-9H,1-4H2;1-2H,(H2,5,6,7,8). The van der Waals surface area contributed by atoms with Crippen molar-refractivity contribution in [3.63, 3.8) is 0 Å². The van der Waals surface area contributed by atoms with Crippen LogP contribution >= 0.6 is 0 Å². The Bertz CT molecular complexity index is 444. The zero-order valence-electron chi connectivity index (χ0n) is 9.63. The summed E-state index contributed by atoms with van der Waals surface area (Å²) in [5.41, 5.74) is -0.855. The Kier molecular flexibility index (Phi) is 5.23. The van der Waals surface area contributed by atoms with Crippen LogP contribution in [0.2, 0.25) is 0 Å². The first-order valence-corrected chi connectivity index (χ1v) is 5.41. The van der Waals surface area contributed by atoms with Crippen LogP contribution in [0, 0.1) is 0 Å². The van der Waals surface area contributed by atoms with E-state index >= 15 is 0 Å². The number of aliphatic hydroxyl groups is 3. The van der Waals surface area contributed by atoms with Gasteiger partial charge >= 0.3 is 5.69 Å². The van der Waals surface area contributed by atoms with E-state index in [1.165, 1.54) is 12.3 Å². The number of hydrogen-bond donors (Lipinski definition) is 5. The summed E-state index contributed by atoms with van der Waals surface area (Å²) in [4.78, 5) is 24.7. The molecule has 102 valence electrons. The summed E-state index contributed by atoms with van der Waals surface area (Å²) in [6.07, 6.45) is 0.964. The molecule has 1 aromatic rings. The zero-order chi connectivity index (χ0) is 13.6. The van der Waals surface area contributed by atoms with Crippen LogP contribution in [0.3, 0.4) is 0 Å². The maximum Gasteiger partial charge on any atom is 0.325 e. The van der Waals surface area contributed by atoms with E-state index in [4.69, 9.17) is 14.9 Å². The lowest BCUT2D eigenvalue weighted by atomic mass is 10.1. The molecule has 2 rings (SSSR count). The van der Waals surface area contributed by atoms with Crippen LogP contribution in [0.4, 0.5) is 0 Å². The topological polar surface area (TPSA) is 136 Å². The number of nitrogens with one attached hydrogen (secondary N) is 2. The molecule has 0 amide bonds. The number of aromatic amines is 2. The molecule has 8 nitrogen and oxygen atoms in total. The molecule has 2 unspecified atom stereocenters.